The number of benzene rings is 2. The Hall–Kier alpha value is -2.53. The van der Waals surface area contributed by atoms with Gasteiger partial charge in [0.2, 0.25) is 11.0 Å². The van der Waals surface area contributed by atoms with E-state index in [9.17, 15) is 4.79 Å². The first-order chi connectivity index (χ1) is 12.8. The highest BCUT2D eigenvalue weighted by Crippen LogP contribution is 2.18. The van der Waals surface area contributed by atoms with E-state index in [1.165, 1.54) is 22.5 Å². The van der Waals surface area contributed by atoms with Crippen LogP contribution in [0, 0.1) is 0 Å². The summed E-state index contributed by atoms with van der Waals surface area (Å²) >= 11 is 1.47. The number of carbonyl (C=O) groups excluding carboxylic acids is 1. The first kappa shape index (κ1) is 18.3. The van der Waals surface area contributed by atoms with E-state index in [4.69, 9.17) is 0 Å². The molecule has 1 aromatic heterocycles. The first-order valence-electron chi connectivity index (χ1n) is 9.00. The number of rotatable bonds is 9. The van der Waals surface area contributed by atoms with Gasteiger partial charge in [-0.25, -0.2) is 0 Å². The van der Waals surface area contributed by atoms with E-state index < -0.39 is 0 Å². The zero-order valence-electron chi connectivity index (χ0n) is 14.7. The van der Waals surface area contributed by atoms with Crippen molar-refractivity contribution in [1.29, 1.82) is 0 Å². The monoisotopic (exact) mass is 365 g/mol. The third kappa shape index (κ3) is 6.08. The van der Waals surface area contributed by atoms with Crippen LogP contribution in [0.4, 0.5) is 5.13 Å². The SMILES string of the molecule is O=C(CCCc1ccccc1)Nc1nnc(CCCc2ccccc2)s1. The summed E-state index contributed by atoms with van der Waals surface area (Å²) < 4.78 is 0. The molecule has 0 saturated heterocycles. The summed E-state index contributed by atoms with van der Waals surface area (Å²) in [5.41, 5.74) is 2.60. The van der Waals surface area contributed by atoms with Gasteiger partial charge in [0.1, 0.15) is 5.01 Å². The molecule has 1 N–H and O–H groups in total. The Labute approximate surface area is 158 Å². The number of hydrogen-bond donors (Lipinski definition) is 1. The molecule has 2 aromatic carbocycles. The highest BCUT2D eigenvalue weighted by Gasteiger charge is 2.08. The average molecular weight is 366 g/mol. The lowest BCUT2D eigenvalue weighted by Gasteiger charge is -2.02. The van der Waals surface area contributed by atoms with E-state index in [2.05, 4.69) is 51.9 Å². The van der Waals surface area contributed by atoms with Gasteiger partial charge >= 0.3 is 0 Å². The number of hydrogen-bond acceptors (Lipinski definition) is 4. The predicted octanol–water partition coefficient (Wildman–Crippen LogP) is 4.67. The number of aromatic nitrogens is 2. The maximum absolute atomic E-state index is 12.0. The maximum atomic E-state index is 12.0. The van der Waals surface area contributed by atoms with Crippen LogP contribution in [0.1, 0.15) is 35.4 Å². The van der Waals surface area contributed by atoms with Crippen LogP contribution in [0.25, 0.3) is 0 Å². The standard InChI is InChI=1S/C21H23N3OS/c25-19(15-7-13-17-9-3-1-4-10-17)22-21-24-23-20(26-21)16-8-14-18-11-5-2-6-12-18/h1-6,9-12H,7-8,13-16H2,(H,22,24,25). The molecule has 26 heavy (non-hydrogen) atoms. The molecule has 0 spiro atoms. The smallest absolute Gasteiger partial charge is 0.226 e. The van der Waals surface area contributed by atoms with Gasteiger partial charge in [-0.2, -0.15) is 0 Å². The van der Waals surface area contributed by atoms with Crippen LogP contribution in [0.15, 0.2) is 60.7 Å². The van der Waals surface area contributed by atoms with Gasteiger partial charge < -0.3 is 5.32 Å². The Bertz CT molecular complexity index is 802. The van der Waals surface area contributed by atoms with Gasteiger partial charge in [-0.3, -0.25) is 4.79 Å². The lowest BCUT2D eigenvalue weighted by molar-refractivity contribution is -0.116. The van der Waals surface area contributed by atoms with Gasteiger partial charge in [-0.15, -0.1) is 10.2 Å². The van der Waals surface area contributed by atoms with Crippen molar-refractivity contribution in [1.82, 2.24) is 10.2 Å². The molecule has 1 heterocycles. The third-order valence-corrected chi connectivity index (χ3v) is 5.02. The van der Waals surface area contributed by atoms with E-state index in [0.29, 0.717) is 11.6 Å². The van der Waals surface area contributed by atoms with Crippen molar-refractivity contribution in [3.63, 3.8) is 0 Å². The van der Waals surface area contributed by atoms with E-state index >= 15 is 0 Å². The zero-order chi connectivity index (χ0) is 18.0. The van der Waals surface area contributed by atoms with Crippen LogP contribution in [0.3, 0.4) is 0 Å². The van der Waals surface area contributed by atoms with Gasteiger partial charge in [-0.1, -0.05) is 72.0 Å². The fraction of sp³-hybridized carbons (Fsp3) is 0.286. The molecule has 0 saturated carbocycles. The summed E-state index contributed by atoms with van der Waals surface area (Å²) in [6, 6.07) is 20.7. The molecular formula is C21H23N3OS. The quantitative estimate of drug-likeness (QED) is 0.599. The molecular weight excluding hydrogens is 342 g/mol. The van der Waals surface area contributed by atoms with Gasteiger partial charge in [0.05, 0.1) is 0 Å². The average Bonchev–Trinajstić information content (AvgIpc) is 3.10. The molecule has 0 atom stereocenters. The Morgan fingerprint density at radius 1 is 0.808 bits per heavy atom. The number of amides is 1. The second kappa shape index (κ2) is 9.82. The molecule has 3 rings (SSSR count). The van der Waals surface area contributed by atoms with E-state index in [0.717, 1.165) is 37.1 Å². The summed E-state index contributed by atoms with van der Waals surface area (Å²) in [4.78, 5) is 12.0. The van der Waals surface area contributed by atoms with Crippen molar-refractivity contribution < 1.29 is 4.79 Å². The molecule has 0 aliphatic rings. The van der Waals surface area contributed by atoms with Crippen molar-refractivity contribution in [2.24, 2.45) is 0 Å². The number of anilines is 1. The fourth-order valence-electron chi connectivity index (χ4n) is 2.77. The summed E-state index contributed by atoms with van der Waals surface area (Å²) in [6.07, 6.45) is 5.19. The van der Waals surface area contributed by atoms with Gasteiger partial charge in [0, 0.05) is 12.8 Å². The normalized spacial score (nSPS) is 10.6. The molecule has 3 aromatic rings. The third-order valence-electron chi connectivity index (χ3n) is 4.12. The van der Waals surface area contributed by atoms with Gasteiger partial charge in [-0.05, 0) is 36.8 Å². The second-order valence-corrected chi connectivity index (χ2v) is 7.29. The van der Waals surface area contributed by atoms with Crippen molar-refractivity contribution in [2.45, 2.75) is 38.5 Å². The largest absolute Gasteiger partial charge is 0.301 e. The molecule has 0 unspecified atom stereocenters. The number of nitrogens with one attached hydrogen (secondary N) is 1. The highest BCUT2D eigenvalue weighted by atomic mass is 32.1. The highest BCUT2D eigenvalue weighted by molar-refractivity contribution is 7.15. The number of carbonyl (C=O) groups is 1. The summed E-state index contributed by atoms with van der Waals surface area (Å²) in [7, 11) is 0. The Morgan fingerprint density at radius 2 is 1.42 bits per heavy atom. The lowest BCUT2D eigenvalue weighted by Crippen LogP contribution is -2.11. The van der Waals surface area contributed by atoms with Gasteiger partial charge in [0.25, 0.3) is 0 Å². The minimum Gasteiger partial charge on any atom is -0.301 e. The van der Waals surface area contributed by atoms with Crippen LogP contribution < -0.4 is 5.32 Å². The Morgan fingerprint density at radius 3 is 2.08 bits per heavy atom. The molecule has 0 radical (unpaired) electrons. The van der Waals surface area contributed by atoms with Crippen LogP contribution in [-0.2, 0) is 24.1 Å². The summed E-state index contributed by atoms with van der Waals surface area (Å²) in [5, 5.41) is 12.7. The molecule has 0 bridgehead atoms. The fourth-order valence-corrected chi connectivity index (χ4v) is 3.57. The lowest BCUT2D eigenvalue weighted by atomic mass is 10.1. The van der Waals surface area contributed by atoms with Crippen LogP contribution in [0.5, 0.6) is 0 Å². The Balaban J connectivity index is 1.36. The Kier molecular flexibility index (Phi) is 6.90. The second-order valence-electron chi connectivity index (χ2n) is 6.23. The van der Waals surface area contributed by atoms with E-state index in [-0.39, 0.29) is 5.91 Å². The van der Waals surface area contributed by atoms with Crippen molar-refractivity contribution >= 4 is 22.4 Å². The van der Waals surface area contributed by atoms with Crippen LogP contribution >= 0.6 is 11.3 Å². The molecule has 0 fully saturated rings. The van der Waals surface area contributed by atoms with Crippen molar-refractivity contribution in [3.8, 4) is 0 Å². The maximum Gasteiger partial charge on any atom is 0.226 e. The van der Waals surface area contributed by atoms with Crippen LogP contribution in [-0.4, -0.2) is 16.1 Å². The minimum absolute atomic E-state index is 0.00733. The molecule has 1 amide bonds. The summed E-state index contributed by atoms with van der Waals surface area (Å²) in [6.45, 7) is 0. The topological polar surface area (TPSA) is 54.9 Å². The van der Waals surface area contributed by atoms with Crippen molar-refractivity contribution in [2.75, 3.05) is 5.32 Å². The number of nitrogens with zero attached hydrogens (tertiary/aromatic N) is 2. The van der Waals surface area contributed by atoms with E-state index in [1.54, 1.807) is 0 Å². The molecule has 0 aliphatic carbocycles. The molecule has 5 heteroatoms. The molecule has 0 aliphatic heterocycles. The number of aryl methyl sites for hydroxylation is 3. The molecule has 4 nitrogen and oxygen atoms in total. The van der Waals surface area contributed by atoms with Crippen LogP contribution in [0.2, 0.25) is 0 Å². The summed E-state index contributed by atoms with van der Waals surface area (Å²) in [5.74, 6) is 0.00733. The van der Waals surface area contributed by atoms with E-state index in [1.807, 2.05) is 24.3 Å². The predicted molar refractivity (Wildman–Crippen MR) is 106 cm³/mol. The van der Waals surface area contributed by atoms with Gasteiger partial charge in [0.15, 0.2) is 0 Å². The first-order valence-corrected chi connectivity index (χ1v) is 9.81. The minimum atomic E-state index is 0.00733. The molecule has 134 valence electrons. The zero-order valence-corrected chi connectivity index (χ0v) is 15.5. The van der Waals surface area contributed by atoms with Crippen molar-refractivity contribution in [3.05, 3.63) is 76.8 Å².